The highest BCUT2D eigenvalue weighted by Gasteiger charge is 2.39. The van der Waals surface area contributed by atoms with Crippen molar-refractivity contribution in [3.05, 3.63) is 39.3 Å². The van der Waals surface area contributed by atoms with E-state index < -0.39 is 0 Å². The van der Waals surface area contributed by atoms with Gasteiger partial charge in [0.25, 0.3) is 5.91 Å². The van der Waals surface area contributed by atoms with Gasteiger partial charge in [0.15, 0.2) is 0 Å². The summed E-state index contributed by atoms with van der Waals surface area (Å²) in [7, 11) is 0. The van der Waals surface area contributed by atoms with E-state index in [1.807, 2.05) is 6.07 Å². The van der Waals surface area contributed by atoms with Gasteiger partial charge in [0.2, 0.25) is 0 Å². The second-order valence-corrected chi connectivity index (χ2v) is 8.22. The highest BCUT2D eigenvalue weighted by Crippen LogP contribution is 2.36. The average Bonchev–Trinajstić information content (AvgIpc) is 3.25. The van der Waals surface area contributed by atoms with Crippen molar-refractivity contribution >= 4 is 40.4 Å². The van der Waals surface area contributed by atoms with Crippen LogP contribution in [0, 0.1) is 5.41 Å². The van der Waals surface area contributed by atoms with Crippen molar-refractivity contribution in [2.45, 2.75) is 26.2 Å². The molecule has 0 radical (unpaired) electrons. The number of aliphatic hydroxyl groups excluding tert-OH is 1. The molecule has 1 N–H and O–H groups in total. The number of thiazole rings is 1. The number of amides is 1. The van der Waals surface area contributed by atoms with Crippen molar-refractivity contribution in [3.63, 3.8) is 0 Å². The third-order valence-corrected chi connectivity index (χ3v) is 6.36. The van der Waals surface area contributed by atoms with Gasteiger partial charge in [-0.15, -0.1) is 11.3 Å². The van der Waals surface area contributed by atoms with Gasteiger partial charge in [0, 0.05) is 29.4 Å². The van der Waals surface area contributed by atoms with Crippen LogP contribution in [0.5, 0.6) is 0 Å². The molecule has 7 heteroatoms. The summed E-state index contributed by atoms with van der Waals surface area (Å²) in [6.45, 7) is 3.48. The molecule has 1 aliphatic heterocycles. The van der Waals surface area contributed by atoms with Crippen LogP contribution in [-0.2, 0) is 0 Å². The molecule has 134 valence electrons. The van der Waals surface area contributed by atoms with E-state index in [0.717, 1.165) is 29.8 Å². The van der Waals surface area contributed by atoms with Crippen LogP contribution in [0.15, 0.2) is 23.6 Å². The summed E-state index contributed by atoms with van der Waals surface area (Å²) in [4.78, 5) is 19.0. The third-order valence-electron chi connectivity index (χ3n) is 4.73. The first-order chi connectivity index (χ1) is 12.0. The second kappa shape index (κ2) is 7.62. The Hall–Kier alpha value is -1.14. The van der Waals surface area contributed by atoms with Crippen molar-refractivity contribution in [1.29, 1.82) is 0 Å². The van der Waals surface area contributed by atoms with Crippen LogP contribution < -0.4 is 0 Å². The molecule has 4 nitrogen and oxygen atoms in total. The van der Waals surface area contributed by atoms with Gasteiger partial charge in [0.1, 0.15) is 10.7 Å². The molecule has 1 aromatic carbocycles. The van der Waals surface area contributed by atoms with Crippen LogP contribution in [0.25, 0.3) is 10.6 Å². The largest absolute Gasteiger partial charge is 0.396 e. The summed E-state index contributed by atoms with van der Waals surface area (Å²) in [5, 5.41) is 13.2. The molecule has 1 aromatic heterocycles. The number of benzene rings is 1. The molecule has 1 saturated heterocycles. The zero-order valence-electron chi connectivity index (χ0n) is 14.0. The van der Waals surface area contributed by atoms with E-state index in [-0.39, 0.29) is 17.9 Å². The maximum absolute atomic E-state index is 12.8. The first kappa shape index (κ1) is 18.6. The van der Waals surface area contributed by atoms with E-state index in [9.17, 15) is 9.90 Å². The minimum atomic E-state index is -0.160. The first-order valence-corrected chi connectivity index (χ1v) is 9.93. The Labute approximate surface area is 161 Å². The van der Waals surface area contributed by atoms with Gasteiger partial charge in [-0.3, -0.25) is 4.79 Å². The van der Waals surface area contributed by atoms with E-state index in [1.165, 1.54) is 11.3 Å². The lowest BCUT2D eigenvalue weighted by Crippen LogP contribution is -2.34. The summed E-state index contributed by atoms with van der Waals surface area (Å²) in [5.74, 6) is -0.0750. The van der Waals surface area contributed by atoms with Gasteiger partial charge in [-0.05, 0) is 25.0 Å². The third kappa shape index (κ3) is 3.85. The topological polar surface area (TPSA) is 53.4 Å². The van der Waals surface area contributed by atoms with Gasteiger partial charge in [-0.1, -0.05) is 42.6 Å². The fourth-order valence-electron chi connectivity index (χ4n) is 3.35. The molecule has 1 unspecified atom stereocenters. The highest BCUT2D eigenvalue weighted by atomic mass is 35.5. The molecule has 25 heavy (non-hydrogen) atoms. The van der Waals surface area contributed by atoms with Crippen molar-refractivity contribution < 1.29 is 9.90 Å². The normalized spacial score (nSPS) is 20.2. The van der Waals surface area contributed by atoms with Crippen molar-refractivity contribution in [2.75, 3.05) is 19.7 Å². The van der Waals surface area contributed by atoms with E-state index in [4.69, 9.17) is 23.2 Å². The van der Waals surface area contributed by atoms with Gasteiger partial charge < -0.3 is 10.0 Å². The van der Waals surface area contributed by atoms with Crippen LogP contribution >= 0.6 is 34.5 Å². The standard InChI is InChI=1S/C18H20Cl2N2O2S/c1-2-5-18(11-23)6-7-22(10-18)17(24)15-9-25-16(21-15)12-3-4-13(19)14(20)8-12/h3-4,8-9,23H,2,5-7,10-11H2,1H3. The molecule has 1 amide bonds. The maximum Gasteiger partial charge on any atom is 0.273 e. The maximum atomic E-state index is 12.8. The number of carbonyl (C=O) groups excluding carboxylic acids is 1. The molecule has 0 saturated carbocycles. The number of hydrogen-bond donors (Lipinski definition) is 1. The number of carbonyl (C=O) groups is 1. The molecule has 0 aliphatic carbocycles. The molecule has 2 heterocycles. The number of hydrogen-bond acceptors (Lipinski definition) is 4. The van der Waals surface area contributed by atoms with E-state index in [2.05, 4.69) is 11.9 Å². The lowest BCUT2D eigenvalue weighted by atomic mass is 9.83. The fraction of sp³-hybridized carbons (Fsp3) is 0.444. The van der Waals surface area contributed by atoms with Gasteiger partial charge in [0.05, 0.1) is 16.7 Å². The molecular formula is C18H20Cl2N2O2S. The average molecular weight is 399 g/mol. The van der Waals surface area contributed by atoms with Crippen molar-refractivity contribution in [3.8, 4) is 10.6 Å². The van der Waals surface area contributed by atoms with Gasteiger partial charge in [-0.2, -0.15) is 0 Å². The molecule has 2 aromatic rings. The number of halogens is 2. The smallest absolute Gasteiger partial charge is 0.273 e. The summed E-state index contributed by atoms with van der Waals surface area (Å²) in [6, 6.07) is 5.32. The van der Waals surface area contributed by atoms with Crippen molar-refractivity contribution in [2.24, 2.45) is 5.41 Å². The van der Waals surface area contributed by atoms with Crippen LogP contribution in [0.4, 0.5) is 0 Å². The quantitative estimate of drug-likeness (QED) is 0.790. The molecule has 1 atom stereocenters. The Morgan fingerprint density at radius 3 is 2.88 bits per heavy atom. The van der Waals surface area contributed by atoms with Gasteiger partial charge >= 0.3 is 0 Å². The molecule has 0 bridgehead atoms. The van der Waals surface area contributed by atoms with Crippen LogP contribution in [0.2, 0.25) is 10.0 Å². The summed E-state index contributed by atoms with van der Waals surface area (Å²) >= 11 is 13.4. The van der Waals surface area contributed by atoms with Crippen LogP contribution in [-0.4, -0.2) is 40.6 Å². The Morgan fingerprint density at radius 2 is 2.20 bits per heavy atom. The summed E-state index contributed by atoms with van der Waals surface area (Å²) in [6.07, 6.45) is 2.77. The lowest BCUT2D eigenvalue weighted by Gasteiger charge is -2.26. The van der Waals surface area contributed by atoms with E-state index in [1.54, 1.807) is 22.4 Å². The lowest BCUT2D eigenvalue weighted by molar-refractivity contribution is 0.0725. The fourth-order valence-corrected chi connectivity index (χ4v) is 4.44. The highest BCUT2D eigenvalue weighted by molar-refractivity contribution is 7.13. The van der Waals surface area contributed by atoms with E-state index in [0.29, 0.717) is 28.8 Å². The van der Waals surface area contributed by atoms with Crippen LogP contribution in [0.1, 0.15) is 36.7 Å². The number of likely N-dealkylation sites (tertiary alicyclic amines) is 1. The minimum absolute atomic E-state index is 0.0750. The Bertz CT molecular complexity index is 780. The number of nitrogens with zero attached hydrogens (tertiary/aromatic N) is 2. The number of aromatic nitrogens is 1. The number of aliphatic hydroxyl groups is 1. The second-order valence-electron chi connectivity index (χ2n) is 6.55. The summed E-state index contributed by atoms with van der Waals surface area (Å²) in [5.41, 5.74) is 1.12. The Morgan fingerprint density at radius 1 is 1.40 bits per heavy atom. The molecule has 0 spiro atoms. The van der Waals surface area contributed by atoms with E-state index >= 15 is 0 Å². The Kier molecular flexibility index (Phi) is 5.68. The Balaban J connectivity index is 1.76. The minimum Gasteiger partial charge on any atom is -0.396 e. The molecule has 1 aliphatic rings. The number of rotatable bonds is 5. The van der Waals surface area contributed by atoms with Gasteiger partial charge in [-0.25, -0.2) is 4.98 Å². The predicted molar refractivity (Wildman–Crippen MR) is 103 cm³/mol. The monoisotopic (exact) mass is 398 g/mol. The van der Waals surface area contributed by atoms with Crippen molar-refractivity contribution in [1.82, 2.24) is 9.88 Å². The SMILES string of the molecule is CCCC1(CO)CCN(C(=O)c2csc(-c3ccc(Cl)c(Cl)c3)n2)C1. The zero-order valence-corrected chi connectivity index (χ0v) is 16.3. The first-order valence-electron chi connectivity index (χ1n) is 8.29. The summed E-state index contributed by atoms with van der Waals surface area (Å²) < 4.78 is 0. The van der Waals surface area contributed by atoms with Crippen LogP contribution in [0.3, 0.4) is 0 Å². The molecule has 3 rings (SSSR count). The molecular weight excluding hydrogens is 379 g/mol. The predicted octanol–water partition coefficient (Wildman–Crippen LogP) is 4.74. The zero-order chi connectivity index (χ0) is 18.0. The molecule has 1 fully saturated rings.